The van der Waals surface area contributed by atoms with E-state index >= 15 is 0 Å². The van der Waals surface area contributed by atoms with Crippen molar-refractivity contribution in [2.75, 3.05) is 38.3 Å². The first-order chi connectivity index (χ1) is 12.1. The molecule has 2 aromatic rings. The topological polar surface area (TPSA) is 64.3 Å². The summed E-state index contributed by atoms with van der Waals surface area (Å²) in [6, 6.07) is 6.73. The van der Waals surface area contributed by atoms with E-state index in [0.29, 0.717) is 30.2 Å². The number of hydrogen-bond acceptors (Lipinski definition) is 6. The van der Waals surface area contributed by atoms with Crippen molar-refractivity contribution in [3.8, 4) is 0 Å². The van der Waals surface area contributed by atoms with Gasteiger partial charge in [-0.05, 0) is 34.1 Å². The number of nitrogens with zero attached hydrogens (tertiary/aromatic N) is 2. The van der Waals surface area contributed by atoms with Crippen molar-refractivity contribution in [3.63, 3.8) is 0 Å². The van der Waals surface area contributed by atoms with Gasteiger partial charge in [0.05, 0.1) is 47.3 Å². The van der Waals surface area contributed by atoms with Crippen molar-refractivity contribution < 1.29 is 18.7 Å². The Morgan fingerprint density at radius 3 is 2.80 bits per heavy atom. The number of anilines is 1. The second-order valence-electron chi connectivity index (χ2n) is 5.32. The molecule has 0 saturated carbocycles. The molecule has 0 aliphatic carbocycles. The number of morpholine rings is 1. The number of furan rings is 1. The highest BCUT2D eigenvalue weighted by molar-refractivity contribution is 9.10. The number of hydrogen-bond donors (Lipinski definition) is 0. The molecule has 6 nitrogen and oxygen atoms in total. The number of carbonyl (C=O) groups is 1. The van der Waals surface area contributed by atoms with Crippen LogP contribution < -0.4 is 4.90 Å². The molecule has 3 rings (SSSR count). The highest BCUT2D eigenvalue weighted by Gasteiger charge is 2.18. The van der Waals surface area contributed by atoms with E-state index in [9.17, 15) is 4.79 Å². The molecule has 1 aromatic heterocycles. The zero-order valence-corrected chi connectivity index (χ0v) is 15.8. The minimum atomic E-state index is -0.481. The Morgan fingerprint density at radius 2 is 2.12 bits per heavy atom. The van der Waals surface area contributed by atoms with Crippen LogP contribution in [0.25, 0.3) is 0 Å². The highest BCUT2D eigenvalue weighted by Crippen LogP contribution is 2.30. The molecule has 132 valence electrons. The van der Waals surface area contributed by atoms with E-state index in [1.807, 2.05) is 6.07 Å². The number of halogens is 2. The van der Waals surface area contributed by atoms with E-state index in [4.69, 9.17) is 20.8 Å². The van der Waals surface area contributed by atoms with Crippen LogP contribution in [0.15, 0.2) is 38.1 Å². The van der Waals surface area contributed by atoms with E-state index in [1.165, 1.54) is 7.11 Å². The summed E-state index contributed by atoms with van der Waals surface area (Å²) in [5, 5.41) is 0.288. The van der Waals surface area contributed by atoms with Crippen molar-refractivity contribution in [2.45, 2.75) is 0 Å². The molecule has 0 spiro atoms. The molecule has 8 heteroatoms. The number of ether oxygens (including phenoxy) is 2. The van der Waals surface area contributed by atoms with E-state index < -0.39 is 5.97 Å². The Balaban J connectivity index is 1.76. The molecule has 0 bridgehead atoms. The summed E-state index contributed by atoms with van der Waals surface area (Å²) in [6.45, 7) is 2.93. The van der Waals surface area contributed by atoms with Crippen molar-refractivity contribution in [1.29, 1.82) is 0 Å². The molecular formula is C17H16BrClN2O4. The molecule has 1 aliphatic heterocycles. The summed E-state index contributed by atoms with van der Waals surface area (Å²) in [7, 11) is 1.31. The second-order valence-corrected chi connectivity index (χ2v) is 6.58. The summed E-state index contributed by atoms with van der Waals surface area (Å²) in [5.74, 6) is 0.899. The largest absolute Gasteiger partial charge is 0.465 e. The third kappa shape index (κ3) is 4.23. The number of aliphatic imine (C=N–C) groups is 1. The number of esters is 1. The lowest BCUT2D eigenvalue weighted by molar-refractivity contribution is 0.0601. The van der Waals surface area contributed by atoms with Crippen LogP contribution in [0.4, 0.5) is 11.6 Å². The van der Waals surface area contributed by atoms with Gasteiger partial charge in [-0.3, -0.25) is 4.99 Å². The van der Waals surface area contributed by atoms with Crippen molar-refractivity contribution in [3.05, 3.63) is 45.1 Å². The van der Waals surface area contributed by atoms with Gasteiger partial charge in [-0.2, -0.15) is 0 Å². The maximum absolute atomic E-state index is 11.5. The van der Waals surface area contributed by atoms with Crippen LogP contribution in [0, 0.1) is 0 Å². The predicted molar refractivity (Wildman–Crippen MR) is 99.5 cm³/mol. The molecule has 0 amide bonds. The lowest BCUT2D eigenvalue weighted by atomic mass is 10.2. The number of methoxy groups -OCH3 is 1. The monoisotopic (exact) mass is 426 g/mol. The number of benzene rings is 1. The molecule has 1 aromatic carbocycles. The zero-order chi connectivity index (χ0) is 17.8. The first-order valence-corrected chi connectivity index (χ1v) is 8.79. The van der Waals surface area contributed by atoms with E-state index in [2.05, 4.69) is 30.6 Å². The Hall–Kier alpha value is -1.83. The van der Waals surface area contributed by atoms with Gasteiger partial charge in [0.25, 0.3) is 0 Å². The van der Waals surface area contributed by atoms with Crippen LogP contribution in [-0.4, -0.2) is 45.6 Å². The normalized spacial score (nSPS) is 14.9. The maximum Gasteiger partial charge on any atom is 0.339 e. The minimum Gasteiger partial charge on any atom is -0.465 e. The SMILES string of the molecule is COC(=O)c1ccc(N=Cc2cc(Br)c(N3CCOCC3)o2)cc1Cl. The third-order valence-corrected chi connectivity index (χ3v) is 4.57. The van der Waals surface area contributed by atoms with Crippen LogP contribution in [0.3, 0.4) is 0 Å². The van der Waals surface area contributed by atoms with Crippen LogP contribution in [-0.2, 0) is 9.47 Å². The summed E-state index contributed by atoms with van der Waals surface area (Å²) in [5.41, 5.74) is 0.913. The maximum atomic E-state index is 11.5. The Labute approximate surface area is 158 Å². The predicted octanol–water partition coefficient (Wildman–Crippen LogP) is 4.07. The molecule has 0 unspecified atom stereocenters. The molecule has 1 saturated heterocycles. The Morgan fingerprint density at radius 1 is 1.36 bits per heavy atom. The van der Waals surface area contributed by atoms with Crippen molar-refractivity contribution in [2.24, 2.45) is 4.99 Å². The van der Waals surface area contributed by atoms with Gasteiger partial charge in [-0.25, -0.2) is 4.79 Å². The summed E-state index contributed by atoms with van der Waals surface area (Å²) in [6.07, 6.45) is 1.61. The van der Waals surface area contributed by atoms with Gasteiger partial charge in [0.2, 0.25) is 5.88 Å². The number of rotatable bonds is 4. The van der Waals surface area contributed by atoms with Gasteiger partial charge in [-0.1, -0.05) is 11.6 Å². The van der Waals surface area contributed by atoms with Crippen LogP contribution in [0.1, 0.15) is 16.1 Å². The Bertz CT molecular complexity index is 800. The van der Waals surface area contributed by atoms with Gasteiger partial charge in [0.15, 0.2) is 0 Å². The average Bonchev–Trinajstić information content (AvgIpc) is 3.01. The van der Waals surface area contributed by atoms with Gasteiger partial charge in [0.1, 0.15) is 5.76 Å². The fourth-order valence-electron chi connectivity index (χ4n) is 2.42. The molecule has 1 fully saturated rings. The molecule has 0 N–H and O–H groups in total. The van der Waals surface area contributed by atoms with Gasteiger partial charge in [-0.15, -0.1) is 0 Å². The van der Waals surface area contributed by atoms with Gasteiger partial charge < -0.3 is 18.8 Å². The average molecular weight is 428 g/mol. The van der Waals surface area contributed by atoms with E-state index in [-0.39, 0.29) is 5.02 Å². The Kier molecular flexibility index (Phi) is 5.78. The molecule has 1 aliphatic rings. The van der Waals surface area contributed by atoms with Crippen LogP contribution in [0.2, 0.25) is 5.02 Å². The third-order valence-electron chi connectivity index (χ3n) is 3.68. The molecule has 0 atom stereocenters. The summed E-state index contributed by atoms with van der Waals surface area (Å²) in [4.78, 5) is 18.0. The first-order valence-electron chi connectivity index (χ1n) is 7.62. The lowest BCUT2D eigenvalue weighted by Crippen LogP contribution is -2.36. The fraction of sp³-hybridized carbons (Fsp3) is 0.294. The molecule has 2 heterocycles. The smallest absolute Gasteiger partial charge is 0.339 e. The standard InChI is InChI=1S/C17H16BrClN2O4/c1-23-17(22)13-3-2-11(8-15(13)19)20-10-12-9-14(18)16(25-12)21-4-6-24-7-5-21/h2-3,8-10H,4-7H2,1H3. The molecule has 25 heavy (non-hydrogen) atoms. The zero-order valence-electron chi connectivity index (χ0n) is 13.5. The first kappa shape index (κ1) is 18.0. The highest BCUT2D eigenvalue weighted by atomic mass is 79.9. The van der Waals surface area contributed by atoms with Crippen molar-refractivity contribution in [1.82, 2.24) is 0 Å². The van der Waals surface area contributed by atoms with Gasteiger partial charge in [0, 0.05) is 19.2 Å². The van der Waals surface area contributed by atoms with E-state index in [1.54, 1.807) is 24.4 Å². The summed E-state index contributed by atoms with van der Waals surface area (Å²) >= 11 is 9.61. The molecule has 0 radical (unpaired) electrons. The van der Waals surface area contributed by atoms with Crippen molar-refractivity contribution >= 4 is 51.3 Å². The molecular weight excluding hydrogens is 412 g/mol. The number of carbonyl (C=O) groups excluding carboxylic acids is 1. The van der Waals surface area contributed by atoms with Crippen LogP contribution in [0.5, 0.6) is 0 Å². The van der Waals surface area contributed by atoms with E-state index in [0.717, 1.165) is 23.4 Å². The van der Waals surface area contributed by atoms with Crippen LogP contribution >= 0.6 is 27.5 Å². The van der Waals surface area contributed by atoms with Gasteiger partial charge >= 0.3 is 5.97 Å². The lowest BCUT2D eigenvalue weighted by Gasteiger charge is -2.26. The quantitative estimate of drug-likeness (QED) is 0.544. The second kappa shape index (κ2) is 8.03. The minimum absolute atomic E-state index is 0.288. The fourth-order valence-corrected chi connectivity index (χ4v) is 3.23. The summed E-state index contributed by atoms with van der Waals surface area (Å²) < 4.78 is 16.7.